The van der Waals surface area contributed by atoms with Gasteiger partial charge < -0.3 is 0 Å². The van der Waals surface area contributed by atoms with Crippen molar-refractivity contribution in [2.75, 3.05) is 0 Å². The molecule has 1 nitrogen and oxygen atoms in total. The smallest absolute Gasteiger partial charge is 0.153 e. The summed E-state index contributed by atoms with van der Waals surface area (Å²) < 4.78 is 12.9. The second-order valence-electron chi connectivity index (χ2n) is 3.40. The predicted molar refractivity (Wildman–Crippen MR) is 51.4 cm³/mol. The molecule has 1 aliphatic carbocycles. The highest BCUT2D eigenvalue weighted by Crippen LogP contribution is 2.27. The Balaban J connectivity index is 2.26. The quantitative estimate of drug-likeness (QED) is 0.488. The summed E-state index contributed by atoms with van der Waals surface area (Å²) >= 11 is 0. The average molecular weight is 188 g/mol. The lowest BCUT2D eigenvalue weighted by Gasteiger charge is -1.94. The zero-order valence-corrected chi connectivity index (χ0v) is 7.59. The van der Waals surface area contributed by atoms with Crippen LogP contribution < -0.4 is 0 Å². The summed E-state index contributed by atoms with van der Waals surface area (Å²) in [4.78, 5) is 10.4. The second-order valence-corrected chi connectivity index (χ2v) is 3.40. The normalized spacial score (nSPS) is 14.4. The Morgan fingerprint density at radius 2 is 2.21 bits per heavy atom. The molecule has 0 N–H and O–H groups in total. The van der Waals surface area contributed by atoms with Crippen LogP contribution in [0.15, 0.2) is 18.2 Å². The van der Waals surface area contributed by atoms with Gasteiger partial charge in [-0.3, -0.25) is 4.79 Å². The molecule has 14 heavy (non-hydrogen) atoms. The van der Waals surface area contributed by atoms with E-state index in [1.807, 2.05) is 0 Å². The molecule has 2 rings (SSSR count). The van der Waals surface area contributed by atoms with Gasteiger partial charge >= 0.3 is 0 Å². The van der Waals surface area contributed by atoms with E-state index in [0.29, 0.717) is 17.8 Å². The Morgan fingerprint density at radius 3 is 2.86 bits per heavy atom. The fourth-order valence-corrected chi connectivity index (χ4v) is 1.12. The van der Waals surface area contributed by atoms with Gasteiger partial charge in [0.05, 0.1) is 5.56 Å². The average Bonchev–Trinajstić information content (AvgIpc) is 3.00. The first kappa shape index (κ1) is 8.96. The van der Waals surface area contributed by atoms with E-state index in [2.05, 4.69) is 11.8 Å². The van der Waals surface area contributed by atoms with E-state index in [9.17, 15) is 9.18 Å². The summed E-state index contributed by atoms with van der Waals surface area (Å²) in [5, 5.41) is 0. The molecule has 1 saturated carbocycles. The van der Waals surface area contributed by atoms with Gasteiger partial charge in [0.2, 0.25) is 0 Å². The first-order chi connectivity index (χ1) is 6.79. The van der Waals surface area contributed by atoms with Crippen LogP contribution in [0.2, 0.25) is 0 Å². The highest BCUT2D eigenvalue weighted by Gasteiger charge is 2.17. The maximum absolute atomic E-state index is 12.9. The fraction of sp³-hybridized carbons (Fsp3) is 0.250. The molecule has 2 heteroatoms. The van der Waals surface area contributed by atoms with Crippen molar-refractivity contribution in [1.82, 2.24) is 0 Å². The van der Waals surface area contributed by atoms with E-state index in [4.69, 9.17) is 0 Å². The highest BCUT2D eigenvalue weighted by atomic mass is 19.1. The molecule has 0 spiro atoms. The Hall–Kier alpha value is -1.62. The molecule has 0 heterocycles. The fourth-order valence-electron chi connectivity index (χ4n) is 1.12. The first-order valence-electron chi connectivity index (χ1n) is 4.56. The molecule has 0 unspecified atom stereocenters. The van der Waals surface area contributed by atoms with Gasteiger partial charge in [0, 0.05) is 11.5 Å². The predicted octanol–water partition coefficient (Wildman–Crippen LogP) is 2.40. The van der Waals surface area contributed by atoms with Gasteiger partial charge in [0.25, 0.3) is 0 Å². The maximum Gasteiger partial charge on any atom is 0.153 e. The molecular formula is C12H9FO. The summed E-state index contributed by atoms with van der Waals surface area (Å²) in [6.07, 6.45) is 2.83. The van der Waals surface area contributed by atoms with Crippen molar-refractivity contribution in [1.29, 1.82) is 0 Å². The molecule has 0 atom stereocenters. The number of benzene rings is 1. The minimum Gasteiger partial charge on any atom is -0.298 e. The van der Waals surface area contributed by atoms with Gasteiger partial charge in [-0.25, -0.2) is 4.39 Å². The molecule has 1 aromatic rings. The van der Waals surface area contributed by atoms with Crippen molar-refractivity contribution >= 4 is 6.29 Å². The SMILES string of the molecule is O=Cc1cc(C#CC2CC2)ccc1F. The lowest BCUT2D eigenvalue weighted by atomic mass is 10.1. The van der Waals surface area contributed by atoms with Gasteiger partial charge in [-0.2, -0.15) is 0 Å². The van der Waals surface area contributed by atoms with Crippen LogP contribution in [0.1, 0.15) is 28.8 Å². The van der Waals surface area contributed by atoms with Crippen LogP contribution in [0.25, 0.3) is 0 Å². The van der Waals surface area contributed by atoms with Gasteiger partial charge in [0.15, 0.2) is 6.29 Å². The van der Waals surface area contributed by atoms with Gasteiger partial charge in [0.1, 0.15) is 5.82 Å². The summed E-state index contributed by atoms with van der Waals surface area (Å²) in [7, 11) is 0. The van der Waals surface area contributed by atoms with Crippen molar-refractivity contribution in [3.8, 4) is 11.8 Å². The monoisotopic (exact) mass is 188 g/mol. The Labute approximate surface area is 81.9 Å². The van der Waals surface area contributed by atoms with Gasteiger partial charge in [-0.05, 0) is 31.0 Å². The molecule has 70 valence electrons. The number of carbonyl (C=O) groups excluding carboxylic acids is 1. The van der Waals surface area contributed by atoms with E-state index in [1.165, 1.54) is 12.1 Å². The van der Waals surface area contributed by atoms with Crippen molar-refractivity contribution in [2.24, 2.45) is 5.92 Å². The van der Waals surface area contributed by atoms with Crippen molar-refractivity contribution in [3.05, 3.63) is 35.1 Å². The lowest BCUT2D eigenvalue weighted by molar-refractivity contribution is 0.112. The third kappa shape index (κ3) is 2.00. The Morgan fingerprint density at radius 1 is 1.43 bits per heavy atom. The zero-order chi connectivity index (χ0) is 9.97. The molecule has 1 aliphatic rings. The van der Waals surface area contributed by atoms with Crippen molar-refractivity contribution in [2.45, 2.75) is 12.8 Å². The summed E-state index contributed by atoms with van der Waals surface area (Å²) in [5.41, 5.74) is 0.785. The number of carbonyl (C=O) groups is 1. The van der Waals surface area contributed by atoms with E-state index >= 15 is 0 Å². The number of hydrogen-bond acceptors (Lipinski definition) is 1. The van der Waals surface area contributed by atoms with Crippen LogP contribution in [0.4, 0.5) is 4.39 Å². The number of halogens is 1. The van der Waals surface area contributed by atoms with E-state index in [-0.39, 0.29) is 5.56 Å². The molecule has 1 aromatic carbocycles. The van der Waals surface area contributed by atoms with Crippen LogP contribution in [-0.4, -0.2) is 6.29 Å². The highest BCUT2D eigenvalue weighted by molar-refractivity contribution is 5.76. The number of hydrogen-bond donors (Lipinski definition) is 0. The summed E-state index contributed by atoms with van der Waals surface area (Å²) in [6, 6.07) is 4.36. The third-order valence-electron chi connectivity index (χ3n) is 2.12. The molecule has 0 bridgehead atoms. The van der Waals surface area contributed by atoms with E-state index < -0.39 is 5.82 Å². The Kier molecular flexibility index (Phi) is 2.32. The van der Waals surface area contributed by atoms with E-state index in [0.717, 1.165) is 12.8 Å². The minimum atomic E-state index is -0.489. The molecule has 0 aromatic heterocycles. The summed E-state index contributed by atoms with van der Waals surface area (Å²) in [5.74, 6) is 6.01. The van der Waals surface area contributed by atoms with Crippen LogP contribution >= 0.6 is 0 Å². The second kappa shape index (κ2) is 3.63. The molecule has 0 amide bonds. The molecule has 0 saturated heterocycles. The van der Waals surface area contributed by atoms with Gasteiger partial charge in [-0.1, -0.05) is 11.8 Å². The minimum absolute atomic E-state index is 0.0765. The van der Waals surface area contributed by atoms with Crippen LogP contribution in [0.3, 0.4) is 0 Å². The van der Waals surface area contributed by atoms with Crippen molar-refractivity contribution < 1.29 is 9.18 Å². The lowest BCUT2D eigenvalue weighted by Crippen LogP contribution is -1.88. The third-order valence-corrected chi connectivity index (χ3v) is 2.12. The van der Waals surface area contributed by atoms with Crippen LogP contribution in [0, 0.1) is 23.6 Å². The largest absolute Gasteiger partial charge is 0.298 e. The topological polar surface area (TPSA) is 17.1 Å². The zero-order valence-electron chi connectivity index (χ0n) is 7.59. The molecule has 0 aliphatic heterocycles. The standard InChI is InChI=1S/C12H9FO/c13-12-6-5-10(7-11(12)8-14)4-3-9-1-2-9/h5-9H,1-2H2. The van der Waals surface area contributed by atoms with Gasteiger partial charge in [-0.15, -0.1) is 0 Å². The Bertz CT molecular complexity index is 422. The first-order valence-corrected chi connectivity index (χ1v) is 4.56. The van der Waals surface area contributed by atoms with Crippen molar-refractivity contribution in [3.63, 3.8) is 0 Å². The summed E-state index contributed by atoms with van der Waals surface area (Å²) in [6.45, 7) is 0. The molecule has 0 radical (unpaired) electrons. The van der Waals surface area contributed by atoms with Crippen LogP contribution in [-0.2, 0) is 0 Å². The van der Waals surface area contributed by atoms with E-state index in [1.54, 1.807) is 6.07 Å². The molecular weight excluding hydrogens is 179 g/mol. The number of aldehydes is 1. The number of rotatable bonds is 1. The molecule has 1 fully saturated rings. The van der Waals surface area contributed by atoms with Crippen LogP contribution in [0.5, 0.6) is 0 Å². The maximum atomic E-state index is 12.9.